The lowest BCUT2D eigenvalue weighted by atomic mass is 9.85. The average molecular weight is 1140 g/mol. The molecule has 11 rings (SSSR count). The second kappa shape index (κ2) is 25.9. The van der Waals surface area contributed by atoms with Crippen LogP contribution >= 0.6 is 11.3 Å². The fourth-order valence-corrected chi connectivity index (χ4v) is 11.8. The number of ether oxygens (including phenoxy) is 1. The fraction of sp³-hybridized carbons (Fsp3) is 0.475. The Kier molecular flexibility index (Phi) is 18.8. The maximum Gasteiger partial charge on any atom is 0.319 e. The van der Waals surface area contributed by atoms with E-state index in [9.17, 15) is 33.1 Å². The van der Waals surface area contributed by atoms with Gasteiger partial charge in [0.2, 0.25) is 11.8 Å². The SMILES string of the molecule is C#Cc1c(F)ccc2cc(O)cc(-c3ncc4c(N5CC6CCC(C5)N6)nc(OCCCN5CCN(C)CC5)nc4c3F)c12.CC(C)(C)[C@H](NC(=O)C1(F)CC1)C(=O)N1CCC[C@H]1C(=O)NCCC=O.Cc1ncsc1-c1ccccc1. The van der Waals surface area contributed by atoms with Gasteiger partial charge in [0.1, 0.15) is 47.0 Å². The summed E-state index contributed by atoms with van der Waals surface area (Å²) in [6.45, 7) is 15.0. The van der Waals surface area contributed by atoms with Crippen molar-refractivity contribution in [3.63, 3.8) is 0 Å². The van der Waals surface area contributed by atoms with Crippen LogP contribution in [0.15, 0.2) is 66.3 Å². The number of nitrogens with one attached hydrogen (secondary N) is 3. The van der Waals surface area contributed by atoms with E-state index in [1.54, 1.807) is 38.3 Å². The number of hydrogen-bond acceptors (Lipinski definition) is 15. The molecule has 17 nitrogen and oxygen atoms in total. The van der Waals surface area contributed by atoms with Gasteiger partial charge in [0.15, 0.2) is 11.5 Å². The Balaban J connectivity index is 0.000000179. The molecule has 5 aliphatic rings. The Morgan fingerprint density at radius 1 is 1.00 bits per heavy atom. The highest BCUT2D eigenvalue weighted by Gasteiger charge is 2.53. The summed E-state index contributed by atoms with van der Waals surface area (Å²) in [4.78, 5) is 75.6. The van der Waals surface area contributed by atoms with Crippen molar-refractivity contribution >= 4 is 62.8 Å². The van der Waals surface area contributed by atoms with Crippen LogP contribution in [0.3, 0.4) is 0 Å². The van der Waals surface area contributed by atoms with Gasteiger partial charge in [0.05, 0.1) is 33.6 Å². The van der Waals surface area contributed by atoms with E-state index in [-0.39, 0.29) is 71.7 Å². The summed E-state index contributed by atoms with van der Waals surface area (Å²) in [5.41, 5.74) is 1.90. The number of fused-ring (bicyclic) bond motifs is 4. The minimum Gasteiger partial charge on any atom is -0.508 e. The van der Waals surface area contributed by atoms with E-state index in [4.69, 9.17) is 16.1 Å². The van der Waals surface area contributed by atoms with E-state index in [2.05, 4.69) is 82.8 Å². The molecule has 5 fully saturated rings. The van der Waals surface area contributed by atoms with Crippen LogP contribution in [0.25, 0.3) is 43.4 Å². The van der Waals surface area contributed by atoms with E-state index in [1.165, 1.54) is 39.6 Å². The normalized spacial score (nSPS) is 19.8. The maximum atomic E-state index is 16.6. The van der Waals surface area contributed by atoms with Crippen molar-refractivity contribution in [1.82, 2.24) is 50.6 Å². The molecule has 2 bridgehead atoms. The monoisotopic (exact) mass is 1140 g/mol. The van der Waals surface area contributed by atoms with Gasteiger partial charge in [-0.1, -0.05) is 63.1 Å². The van der Waals surface area contributed by atoms with Gasteiger partial charge in [-0.05, 0) is 93.5 Å². The number of halogens is 3. The van der Waals surface area contributed by atoms with E-state index in [0.29, 0.717) is 66.3 Å². The summed E-state index contributed by atoms with van der Waals surface area (Å²) in [5, 5.41) is 20.6. The van der Waals surface area contributed by atoms with Crippen molar-refractivity contribution in [2.45, 2.75) is 109 Å². The number of alkyl halides is 1. The molecule has 1 saturated carbocycles. The first-order chi connectivity index (χ1) is 39.3. The van der Waals surface area contributed by atoms with Crippen LogP contribution in [0.1, 0.15) is 83.4 Å². The largest absolute Gasteiger partial charge is 0.508 e. The Hall–Kier alpha value is -7.25. The van der Waals surface area contributed by atoms with Crippen LogP contribution in [0.4, 0.5) is 19.0 Å². The number of carbonyl (C=O) groups is 4. The quantitative estimate of drug-likeness (QED) is 0.0445. The topological polar surface area (TPSA) is 198 Å². The number of piperazine rings is 2. The molecule has 1 aliphatic carbocycles. The Labute approximate surface area is 480 Å². The van der Waals surface area contributed by atoms with Gasteiger partial charge < -0.3 is 50.2 Å². The van der Waals surface area contributed by atoms with Crippen LogP contribution in [0.2, 0.25) is 0 Å². The Morgan fingerprint density at radius 3 is 2.39 bits per heavy atom. The van der Waals surface area contributed by atoms with Crippen molar-refractivity contribution in [3.8, 4) is 45.8 Å². The molecule has 2 unspecified atom stereocenters. The first-order valence-corrected chi connectivity index (χ1v) is 29.0. The third-order valence-electron chi connectivity index (χ3n) is 15.7. The molecular formula is C61H72F3N11O6S. The van der Waals surface area contributed by atoms with Gasteiger partial charge in [-0.25, -0.2) is 18.2 Å². The zero-order chi connectivity index (χ0) is 58.3. The van der Waals surface area contributed by atoms with Crippen molar-refractivity contribution < 1.29 is 42.2 Å². The summed E-state index contributed by atoms with van der Waals surface area (Å²) in [7, 11) is 2.13. The summed E-state index contributed by atoms with van der Waals surface area (Å²) >= 11 is 1.69. The van der Waals surface area contributed by atoms with E-state index < -0.39 is 40.7 Å². The zero-order valence-corrected chi connectivity index (χ0v) is 48.0. The highest BCUT2D eigenvalue weighted by atomic mass is 32.1. The average Bonchev–Trinajstić information content (AvgIpc) is 2.64. The Morgan fingerprint density at radius 2 is 1.73 bits per heavy atom. The number of nitrogens with zero attached hydrogens (tertiary/aromatic N) is 8. The van der Waals surface area contributed by atoms with E-state index >= 15 is 4.39 Å². The molecular weight excluding hydrogens is 1070 g/mol. The molecule has 4 atom stereocenters. The number of amides is 3. The number of hydrogen-bond donors (Lipinski definition) is 4. The van der Waals surface area contributed by atoms with E-state index in [1.807, 2.05) is 18.5 Å². The third-order valence-corrected chi connectivity index (χ3v) is 16.7. The number of benzene rings is 3. The van der Waals surface area contributed by atoms with Crippen molar-refractivity contribution in [1.29, 1.82) is 0 Å². The smallest absolute Gasteiger partial charge is 0.319 e. The van der Waals surface area contributed by atoms with Crippen LogP contribution in [-0.4, -0.2) is 166 Å². The molecule has 3 amide bonds. The summed E-state index contributed by atoms with van der Waals surface area (Å²) < 4.78 is 51.5. The zero-order valence-electron chi connectivity index (χ0n) is 47.2. The number of phenolic OH excluding ortho intramolecular Hbond substituents is 1. The number of aromatic nitrogens is 4. The van der Waals surface area contributed by atoms with Crippen LogP contribution < -0.4 is 25.6 Å². The first-order valence-electron chi connectivity index (χ1n) is 28.2. The second-order valence-electron chi connectivity index (χ2n) is 22.9. The van der Waals surface area contributed by atoms with Crippen LogP contribution in [0.5, 0.6) is 11.8 Å². The molecule has 3 aromatic carbocycles. The van der Waals surface area contributed by atoms with Gasteiger partial charge in [-0.3, -0.25) is 19.4 Å². The molecule has 0 radical (unpaired) electrons. The molecule has 82 heavy (non-hydrogen) atoms. The van der Waals surface area contributed by atoms with Crippen molar-refractivity contribution in [2.75, 3.05) is 77.5 Å². The highest BCUT2D eigenvalue weighted by molar-refractivity contribution is 7.13. The molecule has 6 aromatic rings. The minimum absolute atomic E-state index is 0.0251. The molecule has 4 saturated heterocycles. The second-order valence-corrected chi connectivity index (χ2v) is 23.7. The van der Waals surface area contributed by atoms with Gasteiger partial charge in [0.25, 0.3) is 5.91 Å². The van der Waals surface area contributed by atoms with Gasteiger partial charge in [-0.2, -0.15) is 9.97 Å². The maximum absolute atomic E-state index is 16.6. The Bertz CT molecular complexity index is 3310. The first kappa shape index (κ1) is 59.4. The number of likely N-dealkylation sites (N-methyl/N-ethyl adjacent to an activating group) is 1. The number of rotatable bonds is 15. The number of likely N-dealkylation sites (tertiary alicyclic amines) is 1. The number of anilines is 1. The summed E-state index contributed by atoms with van der Waals surface area (Å²) in [5.74, 6) is 0.0862. The van der Waals surface area contributed by atoms with Crippen molar-refractivity contribution in [3.05, 3.63) is 89.2 Å². The predicted molar refractivity (Wildman–Crippen MR) is 311 cm³/mol. The minimum atomic E-state index is -1.86. The lowest BCUT2D eigenvalue weighted by Crippen LogP contribution is -2.58. The van der Waals surface area contributed by atoms with Gasteiger partial charge in [0, 0.05) is 94.6 Å². The number of aldehydes is 1. The summed E-state index contributed by atoms with van der Waals surface area (Å²) in [6.07, 6.45) is 12.7. The molecule has 4 aliphatic heterocycles. The number of pyridine rings is 1. The van der Waals surface area contributed by atoms with Crippen LogP contribution in [-0.2, 0) is 19.2 Å². The number of aromatic hydroxyl groups is 1. The lowest BCUT2D eigenvalue weighted by Gasteiger charge is -2.35. The lowest BCUT2D eigenvalue weighted by molar-refractivity contribution is -0.144. The molecule has 434 valence electrons. The fourth-order valence-electron chi connectivity index (χ4n) is 11.0. The number of thiazole rings is 1. The number of terminal acetylenes is 1. The third kappa shape index (κ3) is 13.8. The van der Waals surface area contributed by atoms with Crippen LogP contribution in [0, 0.1) is 36.3 Å². The molecule has 7 heterocycles. The van der Waals surface area contributed by atoms with Gasteiger partial charge >= 0.3 is 6.01 Å². The number of aryl methyl sites for hydroxylation is 1. The molecule has 21 heteroatoms. The number of carbonyl (C=O) groups excluding carboxylic acids is 4. The van der Waals surface area contributed by atoms with Crippen molar-refractivity contribution in [2.24, 2.45) is 5.41 Å². The molecule has 0 spiro atoms. The summed E-state index contributed by atoms with van der Waals surface area (Å²) in [6, 6.07) is 15.1. The standard InChI is InChI=1S/C33H35F2N7O2.C18H28FN3O4.C10H9NS/c1-3-24-27(34)8-5-20-15-23(43)16-25(28(20)24)30-29(35)31-26(17-36-30)32(42-18-21-6-7-22(19-42)37-21)39-33(38-31)44-14-4-9-41-12-10-40(2)11-13-41;1-17(2,3)13(21-16(26)18(19)7-8-18)15(25)22-10-4-6-12(22)14(24)20-9-5-11-23;1-8-10(12-7-11-8)9-5-3-2-4-6-9/h1,5,8,15-17,21-22,37,43H,4,6-7,9-14,18-19H2,2H3;11-13H,4-10H2,1-3H3,(H,20,24)(H,21,26);2-7H,1H3/t;12-,13+;/m.0./s1. The van der Waals surface area contributed by atoms with Gasteiger partial charge in [-0.15, -0.1) is 17.8 Å². The molecule has 4 N–H and O–H groups in total. The predicted octanol–water partition coefficient (Wildman–Crippen LogP) is 7.60. The highest BCUT2D eigenvalue weighted by Crippen LogP contribution is 2.42. The molecule has 3 aromatic heterocycles. The number of phenols is 1. The van der Waals surface area contributed by atoms with E-state index in [0.717, 1.165) is 70.8 Å².